The Balaban J connectivity index is 2.20. The van der Waals surface area contributed by atoms with Gasteiger partial charge in [-0.3, -0.25) is 9.00 Å². The molecule has 1 heterocycles. The number of rotatable bonds is 4. The number of aromatic nitrogens is 1. The molecule has 0 fully saturated rings. The number of fused-ring (bicyclic) bond motifs is 1. The van der Waals surface area contributed by atoms with Crippen molar-refractivity contribution in [2.45, 2.75) is 12.2 Å². The minimum atomic E-state index is -0.970. The molecule has 1 aromatic heterocycles. The van der Waals surface area contributed by atoms with Crippen molar-refractivity contribution in [1.29, 1.82) is 0 Å². The Hall–Kier alpha value is -1.95. The van der Waals surface area contributed by atoms with Crippen LogP contribution in [0.3, 0.4) is 0 Å². The Labute approximate surface area is 120 Å². The van der Waals surface area contributed by atoms with Crippen LogP contribution < -0.4 is 11.1 Å². The smallest absolute Gasteiger partial charge is 0.270 e. The van der Waals surface area contributed by atoms with Gasteiger partial charge in [0, 0.05) is 34.2 Å². The van der Waals surface area contributed by atoms with Gasteiger partial charge in [-0.05, 0) is 18.4 Å². The number of hydrogen-bond acceptors (Lipinski definition) is 4. The molecule has 1 amide bonds. The molecule has 0 radical (unpaired) electrons. The number of benzene rings is 1. The molecule has 5 nitrogen and oxygen atoms in total. The summed E-state index contributed by atoms with van der Waals surface area (Å²) < 4.78 is 11.2. The zero-order chi connectivity index (χ0) is 14.7. The van der Waals surface area contributed by atoms with Gasteiger partial charge < -0.3 is 11.1 Å². The van der Waals surface area contributed by atoms with Gasteiger partial charge in [-0.2, -0.15) is 0 Å². The summed E-state index contributed by atoms with van der Waals surface area (Å²) >= 11 is 0. The monoisotopic (exact) mass is 291 g/mol. The van der Waals surface area contributed by atoms with Crippen molar-refractivity contribution in [3.63, 3.8) is 0 Å². The Bertz CT molecular complexity index is 673. The molecule has 106 valence electrons. The lowest BCUT2D eigenvalue weighted by Gasteiger charge is -2.10. The van der Waals surface area contributed by atoms with E-state index >= 15 is 0 Å². The maximum absolute atomic E-state index is 12.0. The molecule has 3 N–H and O–H groups in total. The zero-order valence-corrected chi connectivity index (χ0v) is 12.2. The normalized spacial score (nSPS) is 13.9. The van der Waals surface area contributed by atoms with E-state index in [-0.39, 0.29) is 16.9 Å². The van der Waals surface area contributed by atoms with E-state index in [2.05, 4.69) is 10.3 Å². The second-order valence-electron chi connectivity index (χ2n) is 4.63. The molecule has 0 bridgehead atoms. The average Bonchev–Trinajstić information content (AvgIpc) is 2.44. The Morgan fingerprint density at radius 1 is 1.45 bits per heavy atom. The predicted octanol–water partition coefficient (Wildman–Crippen LogP) is 1.31. The number of nitrogens with zero attached hydrogens (tertiary/aromatic N) is 1. The molecule has 0 saturated carbocycles. The number of anilines is 1. The van der Waals surface area contributed by atoms with E-state index < -0.39 is 10.8 Å². The second kappa shape index (κ2) is 6.00. The van der Waals surface area contributed by atoms with Gasteiger partial charge in [0.2, 0.25) is 0 Å². The first-order valence-electron chi connectivity index (χ1n) is 6.24. The van der Waals surface area contributed by atoms with Crippen LogP contribution in [0.1, 0.15) is 17.4 Å². The Morgan fingerprint density at radius 2 is 2.15 bits per heavy atom. The molecule has 0 aliphatic rings. The maximum atomic E-state index is 12.0. The molecule has 2 aromatic rings. The standard InChI is InChI=1S/C14H17N3O2S/c1-9(20(2)19)8-16-14(18)12-7-10-5-3-4-6-11(10)13(15)17-12/h3-7,9H,8H2,1-2H3,(H2,15,17)(H,16,18). The fourth-order valence-electron chi connectivity index (χ4n) is 1.79. The lowest BCUT2D eigenvalue weighted by molar-refractivity contribution is 0.0949. The van der Waals surface area contributed by atoms with E-state index in [1.807, 2.05) is 31.2 Å². The first-order chi connectivity index (χ1) is 9.49. The summed E-state index contributed by atoms with van der Waals surface area (Å²) in [7, 11) is -0.970. The highest BCUT2D eigenvalue weighted by Crippen LogP contribution is 2.19. The molecular weight excluding hydrogens is 274 g/mol. The number of hydrogen-bond donors (Lipinski definition) is 2. The van der Waals surface area contributed by atoms with Gasteiger partial charge in [-0.25, -0.2) is 4.98 Å². The number of pyridine rings is 1. The van der Waals surface area contributed by atoms with Crippen LogP contribution in [-0.4, -0.2) is 33.2 Å². The van der Waals surface area contributed by atoms with E-state index in [0.717, 1.165) is 10.8 Å². The van der Waals surface area contributed by atoms with Gasteiger partial charge in [0.1, 0.15) is 11.5 Å². The molecule has 0 aliphatic heterocycles. The van der Waals surface area contributed by atoms with Crippen molar-refractivity contribution < 1.29 is 9.00 Å². The SMILES string of the molecule is CC(CNC(=O)c1cc2ccccc2c(N)n1)S(C)=O. The molecule has 2 rings (SSSR count). The summed E-state index contributed by atoms with van der Waals surface area (Å²) in [5.74, 6) is 0.0279. The number of amides is 1. The molecule has 0 saturated heterocycles. The Kier molecular flexibility index (Phi) is 4.34. The van der Waals surface area contributed by atoms with Gasteiger partial charge in [0.25, 0.3) is 5.91 Å². The third-order valence-electron chi connectivity index (χ3n) is 3.12. The molecule has 0 spiro atoms. The quantitative estimate of drug-likeness (QED) is 0.889. The number of carbonyl (C=O) groups is 1. The Morgan fingerprint density at radius 3 is 2.85 bits per heavy atom. The number of nitrogens with two attached hydrogens (primary N) is 1. The van der Waals surface area contributed by atoms with Crippen molar-refractivity contribution in [3.05, 3.63) is 36.0 Å². The van der Waals surface area contributed by atoms with Crippen LogP contribution in [0.2, 0.25) is 0 Å². The van der Waals surface area contributed by atoms with Gasteiger partial charge >= 0.3 is 0 Å². The summed E-state index contributed by atoms with van der Waals surface area (Å²) in [6.45, 7) is 2.16. The zero-order valence-electron chi connectivity index (χ0n) is 11.4. The van der Waals surface area contributed by atoms with Crippen LogP contribution in [-0.2, 0) is 10.8 Å². The molecule has 2 atom stereocenters. The molecule has 6 heteroatoms. The van der Waals surface area contributed by atoms with Gasteiger partial charge in [-0.1, -0.05) is 24.3 Å². The third kappa shape index (κ3) is 3.14. The summed E-state index contributed by atoms with van der Waals surface area (Å²) in [4.78, 5) is 16.2. The first-order valence-corrected chi connectivity index (χ1v) is 7.87. The van der Waals surface area contributed by atoms with Crippen LogP contribution in [0.25, 0.3) is 10.8 Å². The highest BCUT2D eigenvalue weighted by atomic mass is 32.2. The summed E-state index contributed by atoms with van der Waals surface area (Å²) in [6.07, 6.45) is 1.61. The summed E-state index contributed by atoms with van der Waals surface area (Å²) in [6, 6.07) is 9.20. The second-order valence-corrected chi connectivity index (χ2v) is 6.44. The van der Waals surface area contributed by atoms with Crippen LogP contribution in [0, 0.1) is 0 Å². The van der Waals surface area contributed by atoms with Crippen molar-refractivity contribution in [2.75, 3.05) is 18.5 Å². The lowest BCUT2D eigenvalue weighted by atomic mass is 10.1. The number of nitrogens with one attached hydrogen (secondary N) is 1. The average molecular weight is 291 g/mol. The van der Waals surface area contributed by atoms with E-state index in [9.17, 15) is 9.00 Å². The van der Waals surface area contributed by atoms with Crippen molar-refractivity contribution in [2.24, 2.45) is 0 Å². The summed E-state index contributed by atoms with van der Waals surface area (Å²) in [5.41, 5.74) is 6.13. The highest BCUT2D eigenvalue weighted by molar-refractivity contribution is 7.84. The topological polar surface area (TPSA) is 85.1 Å². The molecule has 2 unspecified atom stereocenters. The number of nitrogen functional groups attached to an aromatic ring is 1. The van der Waals surface area contributed by atoms with Gasteiger partial charge in [-0.15, -0.1) is 0 Å². The van der Waals surface area contributed by atoms with Crippen molar-refractivity contribution in [1.82, 2.24) is 10.3 Å². The first kappa shape index (κ1) is 14.5. The molecule has 1 aromatic carbocycles. The minimum absolute atomic E-state index is 0.100. The van der Waals surface area contributed by atoms with Crippen LogP contribution in [0.15, 0.2) is 30.3 Å². The summed E-state index contributed by atoms with van der Waals surface area (Å²) in [5, 5.41) is 4.32. The van der Waals surface area contributed by atoms with Crippen molar-refractivity contribution >= 4 is 33.3 Å². The van der Waals surface area contributed by atoms with Crippen molar-refractivity contribution in [3.8, 4) is 0 Å². The highest BCUT2D eigenvalue weighted by Gasteiger charge is 2.13. The largest absolute Gasteiger partial charge is 0.383 e. The molecular formula is C14H17N3O2S. The van der Waals surface area contributed by atoms with Crippen LogP contribution in [0.5, 0.6) is 0 Å². The molecule has 20 heavy (non-hydrogen) atoms. The van der Waals surface area contributed by atoms with E-state index in [1.165, 1.54) is 0 Å². The van der Waals surface area contributed by atoms with Crippen LogP contribution in [0.4, 0.5) is 5.82 Å². The van der Waals surface area contributed by atoms with Gasteiger partial charge in [0.15, 0.2) is 0 Å². The number of carbonyl (C=O) groups excluding carboxylic acids is 1. The van der Waals surface area contributed by atoms with E-state index in [1.54, 1.807) is 12.3 Å². The van der Waals surface area contributed by atoms with E-state index in [0.29, 0.717) is 12.4 Å². The third-order valence-corrected chi connectivity index (χ3v) is 4.42. The lowest BCUT2D eigenvalue weighted by Crippen LogP contribution is -2.33. The predicted molar refractivity (Wildman–Crippen MR) is 82.0 cm³/mol. The fourth-order valence-corrected chi connectivity index (χ4v) is 2.10. The van der Waals surface area contributed by atoms with Gasteiger partial charge in [0.05, 0.1) is 0 Å². The molecule has 0 aliphatic carbocycles. The fraction of sp³-hybridized carbons (Fsp3) is 0.286. The van der Waals surface area contributed by atoms with E-state index in [4.69, 9.17) is 5.73 Å². The minimum Gasteiger partial charge on any atom is -0.383 e. The maximum Gasteiger partial charge on any atom is 0.270 e. The van der Waals surface area contributed by atoms with Crippen LogP contribution >= 0.6 is 0 Å².